The number of fused-ring (bicyclic) bond motifs is 1. The maximum atomic E-state index is 5.79. The Balaban J connectivity index is 1.52. The Kier molecular flexibility index (Phi) is 3.64. The van der Waals surface area contributed by atoms with E-state index in [0.717, 1.165) is 36.1 Å². The van der Waals surface area contributed by atoms with Gasteiger partial charge in [0.25, 0.3) is 0 Å². The van der Waals surface area contributed by atoms with E-state index in [1.54, 1.807) is 0 Å². The lowest BCUT2D eigenvalue weighted by Gasteiger charge is -2.34. The molecular formula is C20H26N6. The summed E-state index contributed by atoms with van der Waals surface area (Å²) in [5.41, 5.74) is 11.3. The van der Waals surface area contributed by atoms with Crippen LogP contribution in [0.25, 0.3) is 22.3 Å². The van der Waals surface area contributed by atoms with Crippen LogP contribution in [-0.4, -0.2) is 31.1 Å². The van der Waals surface area contributed by atoms with Crippen molar-refractivity contribution >= 4 is 11.0 Å². The van der Waals surface area contributed by atoms with Gasteiger partial charge in [-0.3, -0.25) is 9.36 Å². The summed E-state index contributed by atoms with van der Waals surface area (Å²) >= 11 is 0. The summed E-state index contributed by atoms with van der Waals surface area (Å²) in [6.07, 6.45) is 8.87. The molecule has 0 radical (unpaired) electrons. The van der Waals surface area contributed by atoms with E-state index < -0.39 is 0 Å². The predicted octanol–water partition coefficient (Wildman–Crippen LogP) is 3.66. The number of aromatic nitrogens is 5. The third kappa shape index (κ3) is 2.55. The van der Waals surface area contributed by atoms with Gasteiger partial charge in [0.2, 0.25) is 0 Å². The van der Waals surface area contributed by atoms with Crippen molar-refractivity contribution in [2.24, 2.45) is 11.7 Å². The minimum Gasteiger partial charge on any atom is -0.330 e. The van der Waals surface area contributed by atoms with Gasteiger partial charge in [0.15, 0.2) is 0 Å². The summed E-state index contributed by atoms with van der Waals surface area (Å²) in [4.78, 5) is 4.91. The van der Waals surface area contributed by atoms with Crippen molar-refractivity contribution < 1.29 is 0 Å². The number of pyridine rings is 1. The summed E-state index contributed by atoms with van der Waals surface area (Å²) in [5.74, 6) is 1.26. The fourth-order valence-corrected chi connectivity index (χ4v) is 4.05. The third-order valence-corrected chi connectivity index (χ3v) is 5.86. The van der Waals surface area contributed by atoms with Crippen molar-refractivity contribution in [2.75, 3.05) is 6.54 Å². The molecule has 3 aromatic heterocycles. The summed E-state index contributed by atoms with van der Waals surface area (Å²) < 4.78 is 4.21. The molecule has 6 nitrogen and oxygen atoms in total. The molecule has 2 aliphatic rings. The molecule has 0 aliphatic heterocycles. The highest BCUT2D eigenvalue weighted by Gasteiger charge is 2.34. The van der Waals surface area contributed by atoms with Crippen LogP contribution < -0.4 is 5.73 Å². The van der Waals surface area contributed by atoms with Crippen molar-refractivity contribution in [1.29, 1.82) is 0 Å². The van der Waals surface area contributed by atoms with Crippen LogP contribution in [0.3, 0.4) is 0 Å². The fraction of sp³-hybridized carbons (Fsp3) is 0.550. The summed E-state index contributed by atoms with van der Waals surface area (Å²) in [6, 6.07) is 5.10. The first-order valence-corrected chi connectivity index (χ1v) is 9.77. The highest BCUT2D eigenvalue weighted by atomic mass is 15.3. The molecule has 136 valence electrons. The Labute approximate surface area is 153 Å². The summed E-state index contributed by atoms with van der Waals surface area (Å²) in [6.45, 7) is 5.07. The van der Waals surface area contributed by atoms with Crippen LogP contribution in [0.5, 0.6) is 0 Å². The molecule has 0 bridgehead atoms. The molecule has 0 atom stereocenters. The topological polar surface area (TPSA) is 74.5 Å². The third-order valence-electron chi connectivity index (χ3n) is 5.86. The normalized spacial score (nSPS) is 22.9. The SMILES string of the molecule is CC(C)n1ncc2nc(-c3cn(C4CC(CN)C4)nc3C3CC3)ccc21. The zero-order valence-corrected chi connectivity index (χ0v) is 15.5. The second-order valence-electron chi connectivity index (χ2n) is 8.19. The highest BCUT2D eigenvalue weighted by molar-refractivity contribution is 5.78. The Hall–Kier alpha value is -2.21. The molecule has 5 rings (SSSR count). The average Bonchev–Trinajstić information content (AvgIpc) is 3.20. The first-order valence-electron chi connectivity index (χ1n) is 9.77. The number of hydrogen-bond donors (Lipinski definition) is 1. The summed E-state index contributed by atoms with van der Waals surface area (Å²) in [5, 5.41) is 9.46. The van der Waals surface area contributed by atoms with Gasteiger partial charge < -0.3 is 5.73 Å². The molecule has 0 spiro atoms. The van der Waals surface area contributed by atoms with Crippen LogP contribution in [0.15, 0.2) is 24.5 Å². The lowest BCUT2D eigenvalue weighted by Crippen LogP contribution is -2.32. The smallest absolute Gasteiger partial charge is 0.109 e. The van der Waals surface area contributed by atoms with E-state index >= 15 is 0 Å². The quantitative estimate of drug-likeness (QED) is 0.762. The van der Waals surface area contributed by atoms with E-state index in [1.165, 1.54) is 24.1 Å². The monoisotopic (exact) mass is 350 g/mol. The first-order chi connectivity index (χ1) is 12.6. The van der Waals surface area contributed by atoms with Gasteiger partial charge in [-0.25, -0.2) is 4.98 Å². The van der Waals surface area contributed by atoms with E-state index in [4.69, 9.17) is 15.8 Å². The zero-order chi connectivity index (χ0) is 17.8. The molecule has 0 unspecified atom stereocenters. The first kappa shape index (κ1) is 16.0. The van der Waals surface area contributed by atoms with Crippen LogP contribution in [0, 0.1) is 5.92 Å². The van der Waals surface area contributed by atoms with Crippen molar-refractivity contribution in [2.45, 2.75) is 57.5 Å². The predicted molar refractivity (Wildman–Crippen MR) is 102 cm³/mol. The van der Waals surface area contributed by atoms with Gasteiger partial charge in [0.1, 0.15) is 5.52 Å². The van der Waals surface area contributed by atoms with Crippen LogP contribution in [0.2, 0.25) is 0 Å². The van der Waals surface area contributed by atoms with E-state index in [0.29, 0.717) is 23.9 Å². The van der Waals surface area contributed by atoms with Gasteiger partial charge in [-0.1, -0.05) is 0 Å². The molecule has 2 saturated carbocycles. The minimum absolute atomic E-state index is 0.332. The lowest BCUT2D eigenvalue weighted by molar-refractivity contribution is 0.189. The number of hydrogen-bond acceptors (Lipinski definition) is 4. The van der Waals surface area contributed by atoms with Crippen molar-refractivity contribution in [3.63, 3.8) is 0 Å². The zero-order valence-electron chi connectivity index (χ0n) is 15.5. The molecule has 0 amide bonds. The second-order valence-corrected chi connectivity index (χ2v) is 8.19. The van der Waals surface area contributed by atoms with Crippen molar-refractivity contribution in [1.82, 2.24) is 24.5 Å². The molecule has 3 heterocycles. The van der Waals surface area contributed by atoms with E-state index in [-0.39, 0.29) is 0 Å². The second kappa shape index (κ2) is 5.91. The van der Waals surface area contributed by atoms with Crippen LogP contribution in [-0.2, 0) is 0 Å². The van der Waals surface area contributed by atoms with E-state index in [1.807, 2.05) is 10.9 Å². The molecule has 6 heteroatoms. The lowest BCUT2D eigenvalue weighted by atomic mass is 9.80. The largest absolute Gasteiger partial charge is 0.330 e. The van der Waals surface area contributed by atoms with Gasteiger partial charge >= 0.3 is 0 Å². The minimum atomic E-state index is 0.332. The van der Waals surface area contributed by atoms with Crippen LogP contribution in [0.4, 0.5) is 0 Å². The highest BCUT2D eigenvalue weighted by Crippen LogP contribution is 2.45. The Bertz CT molecular complexity index is 943. The Morgan fingerprint density at radius 1 is 1.23 bits per heavy atom. The van der Waals surface area contributed by atoms with E-state index in [2.05, 4.69) is 42.0 Å². The number of nitrogens with two attached hydrogens (primary N) is 1. The molecule has 26 heavy (non-hydrogen) atoms. The Morgan fingerprint density at radius 2 is 2.04 bits per heavy atom. The maximum Gasteiger partial charge on any atom is 0.109 e. The van der Waals surface area contributed by atoms with Crippen molar-refractivity contribution in [3.8, 4) is 11.3 Å². The molecule has 2 fully saturated rings. The Morgan fingerprint density at radius 3 is 2.73 bits per heavy atom. The maximum absolute atomic E-state index is 5.79. The van der Waals surface area contributed by atoms with Gasteiger partial charge in [-0.15, -0.1) is 0 Å². The molecule has 2 N–H and O–H groups in total. The van der Waals surface area contributed by atoms with Gasteiger partial charge in [-0.2, -0.15) is 10.2 Å². The average molecular weight is 350 g/mol. The molecular weight excluding hydrogens is 324 g/mol. The standard InChI is InChI=1S/C20H26N6/c1-12(2)26-19-6-5-17(23-18(19)10-22-26)16-11-25(15-7-13(8-15)9-21)24-20(16)14-3-4-14/h5-6,10-15H,3-4,7-9,21H2,1-2H3. The fourth-order valence-electron chi connectivity index (χ4n) is 4.05. The van der Waals surface area contributed by atoms with Gasteiger partial charge in [0, 0.05) is 23.7 Å². The molecule has 0 saturated heterocycles. The van der Waals surface area contributed by atoms with Gasteiger partial charge in [-0.05, 0) is 64.1 Å². The number of nitrogens with zero attached hydrogens (tertiary/aromatic N) is 5. The molecule has 2 aliphatic carbocycles. The van der Waals surface area contributed by atoms with E-state index in [9.17, 15) is 0 Å². The summed E-state index contributed by atoms with van der Waals surface area (Å²) in [7, 11) is 0. The van der Waals surface area contributed by atoms with Crippen LogP contribution in [0.1, 0.15) is 63.2 Å². The van der Waals surface area contributed by atoms with Gasteiger partial charge in [0.05, 0.1) is 29.1 Å². The van der Waals surface area contributed by atoms with Crippen LogP contribution >= 0.6 is 0 Å². The van der Waals surface area contributed by atoms with Crippen molar-refractivity contribution in [3.05, 3.63) is 30.2 Å². The number of rotatable bonds is 5. The molecule has 3 aromatic rings. The molecule has 0 aromatic carbocycles.